The van der Waals surface area contributed by atoms with Crippen LogP contribution in [0, 0.1) is 0 Å². The minimum atomic E-state index is 0.695. The van der Waals surface area contributed by atoms with Crippen LogP contribution in [0.4, 0.5) is 5.82 Å². The Morgan fingerprint density at radius 1 is 1.25 bits per heavy atom. The van der Waals surface area contributed by atoms with Crippen LogP contribution in [-0.4, -0.2) is 24.1 Å². The van der Waals surface area contributed by atoms with E-state index in [0.717, 1.165) is 25.5 Å². The van der Waals surface area contributed by atoms with Gasteiger partial charge in [0.2, 0.25) is 0 Å². The molecular formula is C17H29N3. The predicted octanol–water partition coefficient (Wildman–Crippen LogP) is 3.74. The van der Waals surface area contributed by atoms with Crippen molar-refractivity contribution >= 4 is 5.82 Å². The van der Waals surface area contributed by atoms with Gasteiger partial charge in [-0.25, -0.2) is 4.98 Å². The van der Waals surface area contributed by atoms with Crippen molar-refractivity contribution in [3.63, 3.8) is 0 Å². The average molecular weight is 275 g/mol. The van der Waals surface area contributed by atoms with E-state index in [1.165, 1.54) is 44.1 Å². The summed E-state index contributed by atoms with van der Waals surface area (Å²) in [5, 5.41) is 3.47. The third-order valence-electron chi connectivity index (χ3n) is 4.22. The Kier molecular flexibility index (Phi) is 6.31. The van der Waals surface area contributed by atoms with Gasteiger partial charge in [-0.2, -0.15) is 0 Å². The van der Waals surface area contributed by atoms with E-state index in [1.807, 2.05) is 6.20 Å². The standard InChI is InChI=1S/C17H29N3/c1-3-11-18-14-15-10-12-19-17(13-15)20(4-2)16-8-6-5-7-9-16/h10,12-13,16,18H,3-9,11,14H2,1-2H3. The molecule has 3 heteroatoms. The first-order chi connectivity index (χ1) is 9.85. The number of aromatic nitrogens is 1. The Bertz CT molecular complexity index is 386. The van der Waals surface area contributed by atoms with Gasteiger partial charge in [0.15, 0.2) is 0 Å². The van der Waals surface area contributed by atoms with Gasteiger partial charge in [-0.1, -0.05) is 26.2 Å². The largest absolute Gasteiger partial charge is 0.354 e. The maximum Gasteiger partial charge on any atom is 0.129 e. The fourth-order valence-corrected chi connectivity index (χ4v) is 3.14. The van der Waals surface area contributed by atoms with Gasteiger partial charge in [-0.05, 0) is 50.4 Å². The molecule has 0 atom stereocenters. The van der Waals surface area contributed by atoms with Crippen molar-refractivity contribution in [2.75, 3.05) is 18.0 Å². The van der Waals surface area contributed by atoms with Crippen LogP contribution in [0.25, 0.3) is 0 Å². The van der Waals surface area contributed by atoms with Gasteiger partial charge < -0.3 is 10.2 Å². The van der Waals surface area contributed by atoms with Crippen molar-refractivity contribution in [1.29, 1.82) is 0 Å². The van der Waals surface area contributed by atoms with E-state index < -0.39 is 0 Å². The molecule has 0 aromatic carbocycles. The zero-order valence-electron chi connectivity index (χ0n) is 13.1. The third kappa shape index (κ3) is 4.20. The quantitative estimate of drug-likeness (QED) is 0.768. The average Bonchev–Trinajstić information content (AvgIpc) is 2.50. The van der Waals surface area contributed by atoms with Gasteiger partial charge in [0.1, 0.15) is 5.82 Å². The van der Waals surface area contributed by atoms with Crippen molar-refractivity contribution in [1.82, 2.24) is 10.3 Å². The van der Waals surface area contributed by atoms with E-state index in [1.54, 1.807) is 0 Å². The monoisotopic (exact) mass is 275 g/mol. The van der Waals surface area contributed by atoms with Gasteiger partial charge >= 0.3 is 0 Å². The third-order valence-corrected chi connectivity index (χ3v) is 4.22. The summed E-state index contributed by atoms with van der Waals surface area (Å²) in [6.07, 6.45) is 9.95. The lowest BCUT2D eigenvalue weighted by molar-refractivity contribution is 0.416. The number of nitrogens with zero attached hydrogens (tertiary/aromatic N) is 2. The Hall–Kier alpha value is -1.09. The smallest absolute Gasteiger partial charge is 0.129 e. The first-order valence-corrected chi connectivity index (χ1v) is 8.27. The number of pyridine rings is 1. The summed E-state index contributed by atoms with van der Waals surface area (Å²) in [6.45, 7) is 7.54. The minimum Gasteiger partial charge on any atom is -0.354 e. The van der Waals surface area contributed by atoms with Gasteiger partial charge in [-0.15, -0.1) is 0 Å². The molecule has 20 heavy (non-hydrogen) atoms. The molecule has 0 bridgehead atoms. The fraction of sp³-hybridized carbons (Fsp3) is 0.706. The maximum absolute atomic E-state index is 4.61. The van der Waals surface area contributed by atoms with Crippen LogP contribution in [0.15, 0.2) is 18.3 Å². The van der Waals surface area contributed by atoms with Crippen LogP contribution < -0.4 is 10.2 Å². The molecule has 0 spiro atoms. The van der Waals surface area contributed by atoms with Gasteiger partial charge in [0.25, 0.3) is 0 Å². The molecule has 0 unspecified atom stereocenters. The van der Waals surface area contributed by atoms with Crippen molar-refractivity contribution in [2.24, 2.45) is 0 Å². The molecule has 112 valence electrons. The van der Waals surface area contributed by atoms with Crippen LogP contribution in [0.3, 0.4) is 0 Å². The van der Waals surface area contributed by atoms with Gasteiger partial charge in [-0.3, -0.25) is 0 Å². The molecule has 3 nitrogen and oxygen atoms in total. The van der Waals surface area contributed by atoms with Crippen LogP contribution in [-0.2, 0) is 6.54 Å². The number of rotatable bonds is 7. The van der Waals surface area contributed by atoms with E-state index in [0.29, 0.717) is 6.04 Å². The molecule has 1 aromatic rings. The van der Waals surface area contributed by atoms with Crippen LogP contribution in [0.1, 0.15) is 57.9 Å². The lowest BCUT2D eigenvalue weighted by Gasteiger charge is -2.34. The molecule has 1 aromatic heterocycles. The second-order valence-electron chi connectivity index (χ2n) is 5.78. The highest BCUT2D eigenvalue weighted by Crippen LogP contribution is 2.26. The Labute approximate surface area is 123 Å². The molecule has 1 fully saturated rings. The first-order valence-electron chi connectivity index (χ1n) is 8.27. The second kappa shape index (κ2) is 8.25. The molecule has 0 aliphatic heterocycles. The SMILES string of the molecule is CCCNCc1ccnc(N(CC)C2CCCCC2)c1. The molecule has 0 saturated heterocycles. The predicted molar refractivity (Wildman–Crippen MR) is 86.1 cm³/mol. The fourth-order valence-electron chi connectivity index (χ4n) is 3.14. The summed E-state index contributed by atoms with van der Waals surface area (Å²) in [5.41, 5.74) is 1.35. The van der Waals surface area contributed by atoms with E-state index in [9.17, 15) is 0 Å². The minimum absolute atomic E-state index is 0.695. The summed E-state index contributed by atoms with van der Waals surface area (Å²) in [5.74, 6) is 1.16. The maximum atomic E-state index is 4.61. The van der Waals surface area contributed by atoms with E-state index in [4.69, 9.17) is 0 Å². The highest BCUT2D eigenvalue weighted by atomic mass is 15.2. The number of hydrogen-bond donors (Lipinski definition) is 1. The van der Waals surface area contributed by atoms with E-state index >= 15 is 0 Å². The summed E-state index contributed by atoms with van der Waals surface area (Å²) in [6, 6.07) is 5.09. The molecule has 2 rings (SSSR count). The Morgan fingerprint density at radius 3 is 2.75 bits per heavy atom. The normalized spacial score (nSPS) is 16.3. The lowest BCUT2D eigenvalue weighted by Crippen LogP contribution is -2.37. The van der Waals surface area contributed by atoms with Crippen molar-refractivity contribution in [3.8, 4) is 0 Å². The Morgan fingerprint density at radius 2 is 2.05 bits per heavy atom. The zero-order chi connectivity index (χ0) is 14.2. The van der Waals surface area contributed by atoms with Crippen LogP contribution in [0.2, 0.25) is 0 Å². The summed E-state index contributed by atoms with van der Waals surface area (Å²) in [4.78, 5) is 7.11. The highest BCUT2D eigenvalue weighted by Gasteiger charge is 2.21. The Balaban J connectivity index is 2.02. The van der Waals surface area contributed by atoms with Crippen LogP contribution >= 0.6 is 0 Å². The van der Waals surface area contributed by atoms with Crippen molar-refractivity contribution in [2.45, 2.75) is 65.0 Å². The lowest BCUT2D eigenvalue weighted by atomic mass is 9.94. The van der Waals surface area contributed by atoms with Gasteiger partial charge in [0.05, 0.1) is 0 Å². The van der Waals surface area contributed by atoms with Crippen molar-refractivity contribution < 1.29 is 0 Å². The number of hydrogen-bond acceptors (Lipinski definition) is 3. The molecular weight excluding hydrogens is 246 g/mol. The van der Waals surface area contributed by atoms with Crippen molar-refractivity contribution in [3.05, 3.63) is 23.9 Å². The summed E-state index contributed by atoms with van der Waals surface area (Å²) >= 11 is 0. The number of anilines is 1. The summed E-state index contributed by atoms with van der Waals surface area (Å²) in [7, 11) is 0. The zero-order valence-corrected chi connectivity index (χ0v) is 13.1. The molecule has 1 heterocycles. The molecule has 0 amide bonds. The molecule has 0 radical (unpaired) electrons. The first kappa shape index (κ1) is 15.3. The topological polar surface area (TPSA) is 28.2 Å². The van der Waals surface area contributed by atoms with E-state index in [2.05, 4.69) is 41.2 Å². The number of nitrogens with one attached hydrogen (secondary N) is 1. The molecule has 1 N–H and O–H groups in total. The van der Waals surface area contributed by atoms with Gasteiger partial charge in [0, 0.05) is 25.3 Å². The molecule has 1 aliphatic rings. The van der Waals surface area contributed by atoms with E-state index in [-0.39, 0.29) is 0 Å². The highest BCUT2D eigenvalue weighted by molar-refractivity contribution is 5.42. The van der Waals surface area contributed by atoms with Crippen LogP contribution in [0.5, 0.6) is 0 Å². The molecule has 1 aliphatic carbocycles. The second-order valence-corrected chi connectivity index (χ2v) is 5.78. The molecule has 1 saturated carbocycles. The summed E-state index contributed by atoms with van der Waals surface area (Å²) < 4.78 is 0.